The van der Waals surface area contributed by atoms with Gasteiger partial charge in [0.25, 0.3) is 12.3 Å². The Kier molecular flexibility index (Phi) is 4.29. The van der Waals surface area contributed by atoms with Gasteiger partial charge in [-0.25, -0.2) is 13.6 Å². The van der Waals surface area contributed by atoms with Crippen molar-refractivity contribution in [1.29, 1.82) is 0 Å². The molecule has 0 saturated carbocycles. The molecule has 0 bridgehead atoms. The number of alkyl halides is 2. The number of benzene rings is 1. The molecule has 1 aliphatic heterocycles. The fourth-order valence-electron chi connectivity index (χ4n) is 1.99. The highest BCUT2D eigenvalue weighted by atomic mass is 19.3. The number of amides is 1. The van der Waals surface area contributed by atoms with Crippen LogP contribution in [0.15, 0.2) is 24.3 Å². The van der Waals surface area contributed by atoms with Crippen LogP contribution < -0.4 is 5.32 Å². The first-order chi connectivity index (χ1) is 9.47. The van der Waals surface area contributed by atoms with Gasteiger partial charge in [0.1, 0.15) is 6.10 Å². The van der Waals surface area contributed by atoms with E-state index in [9.17, 15) is 18.4 Å². The lowest BCUT2D eigenvalue weighted by atomic mass is 10.1. The summed E-state index contributed by atoms with van der Waals surface area (Å²) in [6.45, 7) is 0. The van der Waals surface area contributed by atoms with E-state index in [4.69, 9.17) is 9.84 Å². The average Bonchev–Trinajstić information content (AvgIpc) is 2.88. The van der Waals surface area contributed by atoms with E-state index in [1.165, 1.54) is 24.3 Å². The molecule has 2 rings (SSSR count). The number of nitrogens with one attached hydrogen (secondary N) is 1. The summed E-state index contributed by atoms with van der Waals surface area (Å²) in [7, 11) is 0. The molecule has 20 heavy (non-hydrogen) atoms. The van der Waals surface area contributed by atoms with Gasteiger partial charge < -0.3 is 15.2 Å². The maximum absolute atomic E-state index is 12.5. The van der Waals surface area contributed by atoms with Gasteiger partial charge in [0.2, 0.25) is 0 Å². The normalized spacial score (nSPS) is 21.9. The second kappa shape index (κ2) is 5.96. The fraction of sp³-hybridized carbons (Fsp3) is 0.385. The van der Waals surface area contributed by atoms with E-state index >= 15 is 0 Å². The van der Waals surface area contributed by atoms with Crippen molar-refractivity contribution in [2.24, 2.45) is 0 Å². The first-order valence-electron chi connectivity index (χ1n) is 6.04. The standard InChI is InChI=1S/C13H13F2NO4/c14-11(15)7-2-1-3-8(6-7)16-12(17)9-4-5-10(20-9)13(18)19/h1-3,6,9-11H,4-5H2,(H,16,17)(H,18,19)/t9-,10+/m0/s1. The predicted octanol–water partition coefficient (Wildman–Crippen LogP) is 2.19. The van der Waals surface area contributed by atoms with Gasteiger partial charge in [0, 0.05) is 11.3 Å². The maximum Gasteiger partial charge on any atom is 0.332 e. The monoisotopic (exact) mass is 285 g/mol. The third-order valence-corrected chi connectivity index (χ3v) is 2.99. The molecular formula is C13H13F2NO4. The summed E-state index contributed by atoms with van der Waals surface area (Å²) in [5, 5.41) is 11.2. The molecule has 0 unspecified atom stereocenters. The van der Waals surface area contributed by atoms with Crippen LogP contribution in [0, 0.1) is 0 Å². The van der Waals surface area contributed by atoms with Crippen molar-refractivity contribution in [2.75, 3.05) is 5.32 Å². The average molecular weight is 285 g/mol. The van der Waals surface area contributed by atoms with Gasteiger partial charge in [0.05, 0.1) is 0 Å². The van der Waals surface area contributed by atoms with Crippen molar-refractivity contribution in [2.45, 2.75) is 31.5 Å². The van der Waals surface area contributed by atoms with Crippen molar-refractivity contribution in [1.82, 2.24) is 0 Å². The number of aliphatic carboxylic acids is 1. The number of carbonyl (C=O) groups is 2. The third kappa shape index (κ3) is 3.30. The van der Waals surface area contributed by atoms with Gasteiger partial charge in [-0.05, 0) is 25.0 Å². The number of halogens is 2. The van der Waals surface area contributed by atoms with Crippen LogP contribution in [0.5, 0.6) is 0 Å². The summed E-state index contributed by atoms with van der Waals surface area (Å²) in [5.74, 6) is -1.64. The van der Waals surface area contributed by atoms with E-state index in [1.54, 1.807) is 0 Å². The van der Waals surface area contributed by atoms with Crippen molar-refractivity contribution in [3.8, 4) is 0 Å². The van der Waals surface area contributed by atoms with E-state index in [0.29, 0.717) is 0 Å². The van der Waals surface area contributed by atoms with Crippen LogP contribution in [-0.2, 0) is 14.3 Å². The number of anilines is 1. The zero-order chi connectivity index (χ0) is 14.7. The smallest absolute Gasteiger partial charge is 0.332 e. The molecule has 2 N–H and O–H groups in total. The molecule has 7 heteroatoms. The zero-order valence-electron chi connectivity index (χ0n) is 10.4. The molecule has 1 amide bonds. The fourth-order valence-corrected chi connectivity index (χ4v) is 1.99. The molecule has 2 atom stereocenters. The third-order valence-electron chi connectivity index (χ3n) is 2.99. The van der Waals surface area contributed by atoms with E-state index in [0.717, 1.165) is 0 Å². The summed E-state index contributed by atoms with van der Waals surface area (Å²) in [4.78, 5) is 22.6. The molecular weight excluding hydrogens is 272 g/mol. The zero-order valence-corrected chi connectivity index (χ0v) is 10.4. The SMILES string of the molecule is O=C(Nc1cccc(C(F)F)c1)[C@@H]1CC[C@H](C(=O)O)O1. The molecule has 0 radical (unpaired) electrons. The summed E-state index contributed by atoms with van der Waals surface area (Å²) < 4.78 is 30.1. The molecule has 1 aromatic carbocycles. The van der Waals surface area contributed by atoms with Crippen LogP contribution in [0.4, 0.5) is 14.5 Å². The van der Waals surface area contributed by atoms with Crippen molar-refractivity contribution in [3.05, 3.63) is 29.8 Å². The van der Waals surface area contributed by atoms with Crippen molar-refractivity contribution in [3.63, 3.8) is 0 Å². The summed E-state index contributed by atoms with van der Waals surface area (Å²) >= 11 is 0. The Labute approximate surface area is 113 Å². The molecule has 0 aliphatic carbocycles. The Balaban J connectivity index is 1.98. The van der Waals surface area contributed by atoms with Gasteiger partial charge in [-0.15, -0.1) is 0 Å². The lowest BCUT2D eigenvalue weighted by molar-refractivity contribution is -0.150. The molecule has 1 heterocycles. The number of hydrogen-bond donors (Lipinski definition) is 2. The summed E-state index contributed by atoms with van der Waals surface area (Å²) in [6, 6.07) is 5.32. The summed E-state index contributed by atoms with van der Waals surface area (Å²) in [5.41, 5.74) is 0.0359. The van der Waals surface area contributed by atoms with Crippen LogP contribution in [0.1, 0.15) is 24.8 Å². The highest BCUT2D eigenvalue weighted by Gasteiger charge is 2.34. The van der Waals surface area contributed by atoms with Crippen LogP contribution >= 0.6 is 0 Å². The predicted molar refractivity (Wildman–Crippen MR) is 65.6 cm³/mol. The lowest BCUT2D eigenvalue weighted by Gasteiger charge is -2.12. The number of carboxylic acids is 1. The van der Waals surface area contributed by atoms with E-state index < -0.39 is 30.5 Å². The van der Waals surface area contributed by atoms with Gasteiger partial charge in [-0.2, -0.15) is 0 Å². The Morgan fingerprint density at radius 3 is 2.60 bits per heavy atom. The first kappa shape index (κ1) is 14.4. The Morgan fingerprint density at radius 1 is 1.30 bits per heavy atom. The number of rotatable bonds is 4. The number of ether oxygens (including phenoxy) is 1. The molecule has 1 aliphatic rings. The molecule has 1 fully saturated rings. The molecule has 108 valence electrons. The largest absolute Gasteiger partial charge is 0.479 e. The summed E-state index contributed by atoms with van der Waals surface area (Å²) in [6.07, 6.45) is -3.93. The molecule has 0 spiro atoms. The van der Waals surface area contributed by atoms with E-state index in [-0.39, 0.29) is 24.1 Å². The molecule has 0 aromatic heterocycles. The minimum absolute atomic E-state index is 0.196. The Bertz CT molecular complexity index is 521. The van der Waals surface area contributed by atoms with Crippen molar-refractivity contribution < 1.29 is 28.2 Å². The van der Waals surface area contributed by atoms with Crippen LogP contribution in [0.3, 0.4) is 0 Å². The van der Waals surface area contributed by atoms with Crippen LogP contribution in [0.25, 0.3) is 0 Å². The minimum Gasteiger partial charge on any atom is -0.479 e. The quantitative estimate of drug-likeness (QED) is 0.889. The second-order valence-electron chi connectivity index (χ2n) is 4.44. The van der Waals surface area contributed by atoms with E-state index in [1.807, 2.05) is 0 Å². The van der Waals surface area contributed by atoms with Gasteiger partial charge in [-0.1, -0.05) is 12.1 Å². The van der Waals surface area contributed by atoms with Crippen LogP contribution in [-0.4, -0.2) is 29.2 Å². The topological polar surface area (TPSA) is 75.6 Å². The number of hydrogen-bond acceptors (Lipinski definition) is 3. The van der Waals surface area contributed by atoms with Crippen molar-refractivity contribution >= 4 is 17.6 Å². The van der Waals surface area contributed by atoms with Gasteiger partial charge in [0.15, 0.2) is 6.10 Å². The highest BCUT2D eigenvalue weighted by Crippen LogP contribution is 2.24. The number of carboxylic acid groups (broad SMARTS) is 1. The van der Waals surface area contributed by atoms with E-state index in [2.05, 4.69) is 5.32 Å². The second-order valence-corrected chi connectivity index (χ2v) is 4.44. The van der Waals surface area contributed by atoms with Gasteiger partial charge in [-0.3, -0.25) is 4.79 Å². The van der Waals surface area contributed by atoms with Crippen LogP contribution in [0.2, 0.25) is 0 Å². The molecule has 1 aromatic rings. The molecule has 1 saturated heterocycles. The van der Waals surface area contributed by atoms with Gasteiger partial charge >= 0.3 is 5.97 Å². The lowest BCUT2D eigenvalue weighted by Crippen LogP contribution is -2.29. The Morgan fingerprint density at radius 2 is 2.00 bits per heavy atom. The maximum atomic E-state index is 12.5. The Hall–Kier alpha value is -2.02. The first-order valence-corrected chi connectivity index (χ1v) is 6.04. The molecule has 5 nitrogen and oxygen atoms in total. The number of carbonyl (C=O) groups excluding carboxylic acids is 1. The minimum atomic E-state index is -2.62. The highest BCUT2D eigenvalue weighted by molar-refractivity contribution is 5.94.